The van der Waals surface area contributed by atoms with E-state index in [0.29, 0.717) is 19.8 Å². The Kier molecular flexibility index (Phi) is 28.7. The van der Waals surface area contributed by atoms with Crippen molar-refractivity contribution in [3.63, 3.8) is 0 Å². The Bertz CT molecular complexity index is 1000. The Hall–Kier alpha value is -2.17. The van der Waals surface area contributed by atoms with Gasteiger partial charge in [0.15, 0.2) is 11.5 Å². The Morgan fingerprint density at radius 2 is 0.745 bits per heavy atom. The first kappa shape index (κ1) is 45.0. The topological polar surface area (TPSA) is 36.5 Å². The zero-order valence-corrected chi connectivity index (χ0v) is 34.3. The second-order valence-corrected chi connectivity index (χ2v) is 15.3. The lowest BCUT2D eigenvalue weighted by Gasteiger charge is -2.18. The fourth-order valence-electron chi connectivity index (χ4n) is 6.98. The molecule has 0 saturated heterocycles. The van der Waals surface area contributed by atoms with Crippen molar-refractivity contribution in [2.24, 2.45) is 7.05 Å². The largest absolute Gasteiger partial charge is 0.489 e. The number of aryl methyl sites for hydroxylation is 1. The van der Waals surface area contributed by atoms with Crippen molar-refractivity contribution in [2.75, 3.05) is 19.8 Å². The van der Waals surface area contributed by atoms with Gasteiger partial charge in [0.2, 0.25) is 12.1 Å². The number of benzene rings is 1. The molecule has 2 rings (SSSR count). The summed E-state index contributed by atoms with van der Waals surface area (Å²) < 4.78 is 23.9. The van der Waals surface area contributed by atoms with Crippen LogP contribution in [0.1, 0.15) is 213 Å². The van der Waals surface area contributed by atoms with Gasteiger partial charge in [0.05, 0.1) is 26.9 Å². The lowest BCUT2D eigenvalue weighted by atomic mass is 10.1. The highest BCUT2D eigenvalue weighted by atomic mass is 16.5. The van der Waals surface area contributed by atoms with Crippen molar-refractivity contribution >= 4 is 0 Å². The van der Waals surface area contributed by atoms with Crippen molar-refractivity contribution in [2.45, 2.75) is 213 Å². The number of hydrogen-bond donors (Lipinski definition) is 0. The molecule has 0 aliphatic carbocycles. The Balaban J connectivity index is 1.95. The summed E-state index contributed by atoms with van der Waals surface area (Å²) in [6, 6.07) is 4.30. The highest BCUT2D eigenvalue weighted by molar-refractivity contribution is 5.58. The van der Waals surface area contributed by atoms with Crippen LogP contribution in [0.15, 0.2) is 30.9 Å². The number of hydrogen-bond acceptors (Lipinski definition) is 3. The summed E-state index contributed by atoms with van der Waals surface area (Å²) in [6.45, 7) is 9.01. The van der Waals surface area contributed by atoms with Gasteiger partial charge in [-0.15, -0.1) is 0 Å². The smallest absolute Gasteiger partial charge is 0.248 e. The molecule has 0 spiro atoms. The summed E-state index contributed by atoms with van der Waals surface area (Å²) in [6.07, 6.45) is 45.9. The van der Waals surface area contributed by atoms with Crippen molar-refractivity contribution < 1.29 is 18.8 Å². The maximum Gasteiger partial charge on any atom is 0.248 e. The van der Waals surface area contributed by atoms with Crippen LogP contribution < -0.4 is 18.8 Å². The third-order valence-electron chi connectivity index (χ3n) is 10.3. The van der Waals surface area contributed by atoms with Crippen LogP contribution in [0.2, 0.25) is 0 Å². The van der Waals surface area contributed by atoms with E-state index in [9.17, 15) is 0 Å². The summed E-state index contributed by atoms with van der Waals surface area (Å²) in [4.78, 5) is 0. The van der Waals surface area contributed by atoms with Crippen molar-refractivity contribution in [3.8, 4) is 22.9 Å². The Morgan fingerprint density at radius 1 is 0.431 bits per heavy atom. The molecule has 0 radical (unpaired) electrons. The zero-order chi connectivity index (χ0) is 36.5. The first-order valence-electron chi connectivity index (χ1n) is 22.3. The second kappa shape index (κ2) is 32.5. The van der Waals surface area contributed by atoms with Crippen molar-refractivity contribution in [1.82, 2.24) is 4.57 Å². The minimum Gasteiger partial charge on any atom is -0.489 e. The monoisotopic (exact) mass is 712 g/mol. The van der Waals surface area contributed by atoms with Gasteiger partial charge >= 0.3 is 0 Å². The number of ether oxygens (including phenoxy) is 3. The molecule has 5 heteroatoms. The molecule has 2 aromatic rings. The number of unbranched alkanes of at least 4 members (excludes halogenated alkanes) is 27. The maximum atomic E-state index is 6.57. The van der Waals surface area contributed by atoms with Crippen LogP contribution in [0.5, 0.6) is 17.2 Å². The molecular weight excluding hydrogens is 629 g/mol. The summed E-state index contributed by atoms with van der Waals surface area (Å²) in [7, 11) is 2.06. The highest BCUT2D eigenvalue weighted by Crippen LogP contribution is 2.40. The van der Waals surface area contributed by atoms with Crippen molar-refractivity contribution in [3.05, 3.63) is 30.9 Å². The van der Waals surface area contributed by atoms with Crippen LogP contribution in [-0.2, 0) is 7.05 Å². The Morgan fingerprint density at radius 3 is 1.06 bits per heavy atom. The quantitative estimate of drug-likeness (QED) is 0.0517. The van der Waals surface area contributed by atoms with Gasteiger partial charge in [-0.3, -0.25) is 0 Å². The van der Waals surface area contributed by atoms with Crippen LogP contribution >= 0.6 is 0 Å². The van der Waals surface area contributed by atoms with Crippen LogP contribution in [0, 0.1) is 0 Å². The van der Waals surface area contributed by atoms with E-state index in [4.69, 9.17) is 14.2 Å². The SMILES string of the molecule is CCCCCCCCCCCCOc1cc(-n2cc[n+](C)c2)cc(OCCCCCCCCCCCC)c1OCCCCCCCCCCCC. The summed E-state index contributed by atoms with van der Waals surface area (Å²) >= 11 is 0. The molecule has 51 heavy (non-hydrogen) atoms. The number of nitrogens with zero attached hydrogens (tertiary/aromatic N) is 2. The first-order valence-corrected chi connectivity index (χ1v) is 22.3. The molecule has 1 aromatic heterocycles. The zero-order valence-electron chi connectivity index (χ0n) is 34.3. The minimum atomic E-state index is 0.706. The van der Waals surface area contributed by atoms with Gasteiger partial charge < -0.3 is 14.2 Å². The van der Waals surface area contributed by atoms with Gasteiger partial charge in [-0.1, -0.05) is 194 Å². The molecule has 1 aromatic carbocycles. The highest BCUT2D eigenvalue weighted by Gasteiger charge is 2.19. The molecule has 0 amide bonds. The lowest BCUT2D eigenvalue weighted by molar-refractivity contribution is -0.670. The standard InChI is InChI=1S/C46H83N2O3/c1-5-8-11-14-17-20-23-26-29-32-37-49-44-40-43(48-36-35-47(4)42-48)41-45(50-38-33-30-27-24-21-18-15-12-9-6-2)46(44)51-39-34-31-28-25-22-19-16-13-10-7-3/h35-36,40-42H,5-34,37-39H2,1-4H3/q+1. The summed E-state index contributed by atoms with van der Waals surface area (Å²) in [5.74, 6) is 2.44. The van der Waals surface area contributed by atoms with Gasteiger partial charge in [-0.2, -0.15) is 0 Å². The number of imidazole rings is 1. The van der Waals surface area contributed by atoms with Gasteiger partial charge in [0.25, 0.3) is 0 Å². The molecule has 0 atom stereocenters. The third-order valence-corrected chi connectivity index (χ3v) is 10.3. The third kappa shape index (κ3) is 23.2. The molecule has 0 saturated carbocycles. The Labute approximate surface area is 316 Å². The molecule has 0 N–H and O–H groups in total. The fourth-order valence-corrected chi connectivity index (χ4v) is 6.98. The normalized spacial score (nSPS) is 11.4. The predicted molar refractivity (Wildman–Crippen MR) is 219 cm³/mol. The summed E-state index contributed by atoms with van der Waals surface area (Å²) in [5, 5.41) is 0. The average Bonchev–Trinajstić information content (AvgIpc) is 3.58. The molecular formula is C46H83N2O3+. The fraction of sp³-hybridized carbons (Fsp3) is 0.804. The number of aromatic nitrogens is 2. The minimum absolute atomic E-state index is 0.706. The first-order chi connectivity index (χ1) is 25.2. The van der Waals surface area contributed by atoms with E-state index in [0.717, 1.165) is 42.2 Å². The maximum absolute atomic E-state index is 6.57. The average molecular weight is 712 g/mol. The van der Waals surface area contributed by atoms with Crippen LogP contribution in [0.25, 0.3) is 5.69 Å². The van der Waals surface area contributed by atoms with Crippen LogP contribution in [-0.4, -0.2) is 24.4 Å². The summed E-state index contributed by atoms with van der Waals surface area (Å²) in [5.41, 5.74) is 1.05. The second-order valence-electron chi connectivity index (χ2n) is 15.3. The molecule has 1 heterocycles. The van der Waals surface area contributed by atoms with Gasteiger partial charge in [0.1, 0.15) is 18.1 Å². The van der Waals surface area contributed by atoms with Gasteiger partial charge in [-0.25, -0.2) is 9.13 Å². The molecule has 294 valence electrons. The molecule has 0 aliphatic heterocycles. The van der Waals surface area contributed by atoms with E-state index >= 15 is 0 Å². The van der Waals surface area contributed by atoms with Gasteiger partial charge in [-0.05, 0) is 19.3 Å². The van der Waals surface area contributed by atoms with E-state index in [-0.39, 0.29) is 0 Å². The van der Waals surface area contributed by atoms with E-state index in [1.165, 1.54) is 173 Å². The molecule has 0 unspecified atom stereocenters. The van der Waals surface area contributed by atoms with E-state index < -0.39 is 0 Å². The molecule has 0 fully saturated rings. The molecule has 0 bridgehead atoms. The van der Waals surface area contributed by atoms with E-state index in [1.807, 2.05) is 0 Å². The predicted octanol–water partition coefficient (Wildman–Crippen LogP) is 14.2. The lowest BCUT2D eigenvalue weighted by Crippen LogP contribution is -2.23. The van der Waals surface area contributed by atoms with Gasteiger partial charge in [0, 0.05) is 12.1 Å². The van der Waals surface area contributed by atoms with E-state index in [1.54, 1.807) is 0 Å². The van der Waals surface area contributed by atoms with E-state index in [2.05, 4.69) is 67.8 Å². The van der Waals surface area contributed by atoms with Crippen LogP contribution in [0.4, 0.5) is 0 Å². The molecule has 0 aliphatic rings. The van der Waals surface area contributed by atoms with Crippen LogP contribution in [0.3, 0.4) is 0 Å². The number of rotatable bonds is 37. The molecule has 5 nitrogen and oxygen atoms in total. The van der Waals surface area contributed by atoms with Crippen molar-refractivity contribution in [1.29, 1.82) is 0 Å².